The van der Waals surface area contributed by atoms with Crippen LogP contribution < -0.4 is 4.18 Å². The molecule has 2 aromatic heterocycles. The quantitative estimate of drug-likeness (QED) is 0.244. The van der Waals surface area contributed by atoms with E-state index in [9.17, 15) is 21.6 Å². The molecule has 0 amide bonds. The van der Waals surface area contributed by atoms with E-state index in [1.807, 2.05) is 0 Å². The molecule has 9 nitrogen and oxygen atoms in total. The first-order chi connectivity index (χ1) is 16.1. The lowest BCUT2D eigenvalue weighted by Gasteiger charge is -2.09. The van der Waals surface area contributed by atoms with Crippen molar-refractivity contribution in [1.82, 2.24) is 4.98 Å². The van der Waals surface area contributed by atoms with Crippen LogP contribution in [0.15, 0.2) is 62.1 Å². The SMILES string of the molecule is CCS(=O)(=O)c1ccc2oc(-c3ccc(OS(=O)(=O)c4ccsc4C(=O)OC)c(Cl)c3)nc2c1. The number of hydrogen-bond donors (Lipinski definition) is 0. The predicted molar refractivity (Wildman–Crippen MR) is 126 cm³/mol. The van der Waals surface area contributed by atoms with Crippen LogP contribution in [0, 0.1) is 0 Å². The Morgan fingerprint density at radius 2 is 1.88 bits per heavy atom. The summed E-state index contributed by atoms with van der Waals surface area (Å²) in [6.45, 7) is 1.55. The van der Waals surface area contributed by atoms with Crippen molar-refractivity contribution in [3.05, 3.63) is 57.7 Å². The summed E-state index contributed by atoms with van der Waals surface area (Å²) >= 11 is 7.16. The van der Waals surface area contributed by atoms with Crippen LogP contribution in [0.25, 0.3) is 22.6 Å². The van der Waals surface area contributed by atoms with Gasteiger partial charge in [-0.05, 0) is 47.8 Å². The Labute approximate surface area is 203 Å². The van der Waals surface area contributed by atoms with Crippen molar-refractivity contribution >= 4 is 60.0 Å². The number of rotatable bonds is 7. The molecular weight excluding hydrogens is 526 g/mol. The molecule has 13 heteroatoms. The molecule has 178 valence electrons. The summed E-state index contributed by atoms with van der Waals surface area (Å²) in [5.41, 5.74) is 1.13. The number of thiophene rings is 1. The van der Waals surface area contributed by atoms with Gasteiger partial charge in [0, 0.05) is 5.56 Å². The topological polar surface area (TPSA) is 130 Å². The van der Waals surface area contributed by atoms with Crippen molar-refractivity contribution < 1.29 is 35.0 Å². The molecule has 0 aliphatic rings. The maximum absolute atomic E-state index is 12.7. The van der Waals surface area contributed by atoms with Crippen molar-refractivity contribution in [2.45, 2.75) is 16.7 Å². The molecule has 2 aromatic carbocycles. The molecule has 0 unspecified atom stereocenters. The molecule has 0 atom stereocenters. The summed E-state index contributed by atoms with van der Waals surface area (Å²) in [5, 5.41) is 1.38. The molecule has 0 radical (unpaired) electrons. The van der Waals surface area contributed by atoms with Gasteiger partial charge in [-0.2, -0.15) is 8.42 Å². The Morgan fingerprint density at radius 1 is 1.12 bits per heavy atom. The van der Waals surface area contributed by atoms with Crippen LogP contribution in [-0.2, 0) is 24.7 Å². The first-order valence-electron chi connectivity index (χ1n) is 9.59. The largest absolute Gasteiger partial charge is 0.465 e. The Kier molecular flexibility index (Phi) is 6.42. The van der Waals surface area contributed by atoms with Crippen LogP contribution in [-0.4, -0.2) is 40.7 Å². The number of esters is 1. The van der Waals surface area contributed by atoms with Gasteiger partial charge in [0.2, 0.25) is 5.89 Å². The number of sulfone groups is 1. The molecule has 0 spiro atoms. The first-order valence-corrected chi connectivity index (χ1v) is 13.9. The first kappa shape index (κ1) is 24.2. The maximum Gasteiger partial charge on any atom is 0.349 e. The number of carbonyl (C=O) groups is 1. The third-order valence-electron chi connectivity index (χ3n) is 4.75. The van der Waals surface area contributed by atoms with Gasteiger partial charge in [0.1, 0.15) is 15.3 Å². The number of benzene rings is 2. The van der Waals surface area contributed by atoms with Gasteiger partial charge >= 0.3 is 16.1 Å². The van der Waals surface area contributed by atoms with Gasteiger partial charge in [0.05, 0.1) is 22.8 Å². The van der Waals surface area contributed by atoms with Gasteiger partial charge < -0.3 is 13.3 Å². The summed E-state index contributed by atoms with van der Waals surface area (Å²) in [6.07, 6.45) is 0. The molecule has 0 aliphatic carbocycles. The monoisotopic (exact) mass is 541 g/mol. The maximum atomic E-state index is 12.7. The van der Waals surface area contributed by atoms with E-state index in [0.29, 0.717) is 16.7 Å². The van der Waals surface area contributed by atoms with E-state index >= 15 is 0 Å². The highest BCUT2D eigenvalue weighted by Gasteiger charge is 2.27. The fourth-order valence-electron chi connectivity index (χ4n) is 2.99. The van der Waals surface area contributed by atoms with Gasteiger partial charge in [-0.15, -0.1) is 11.3 Å². The molecule has 0 fully saturated rings. The minimum Gasteiger partial charge on any atom is -0.465 e. The number of nitrogens with zero attached hydrogens (tertiary/aromatic N) is 1. The van der Waals surface area contributed by atoms with Gasteiger partial charge in [-0.3, -0.25) is 0 Å². The van der Waals surface area contributed by atoms with Crippen molar-refractivity contribution in [2.24, 2.45) is 0 Å². The van der Waals surface area contributed by atoms with E-state index in [0.717, 1.165) is 18.4 Å². The lowest BCUT2D eigenvalue weighted by molar-refractivity contribution is 0.0602. The van der Waals surface area contributed by atoms with E-state index in [4.69, 9.17) is 20.2 Å². The molecule has 0 N–H and O–H groups in total. The van der Waals surface area contributed by atoms with Crippen LogP contribution in [0.2, 0.25) is 5.02 Å². The van der Waals surface area contributed by atoms with Crippen molar-refractivity contribution in [2.75, 3.05) is 12.9 Å². The van der Waals surface area contributed by atoms with E-state index in [1.165, 1.54) is 47.8 Å². The third kappa shape index (κ3) is 4.53. The molecule has 0 saturated carbocycles. The molecule has 2 heterocycles. The summed E-state index contributed by atoms with van der Waals surface area (Å²) in [4.78, 5) is 15.8. The number of fused-ring (bicyclic) bond motifs is 1. The fourth-order valence-corrected chi connectivity index (χ4v) is 6.41. The molecular formula is C21H16ClNO8S3. The zero-order valence-electron chi connectivity index (χ0n) is 17.6. The third-order valence-corrected chi connectivity index (χ3v) is 9.07. The van der Waals surface area contributed by atoms with Crippen molar-refractivity contribution in [1.29, 1.82) is 0 Å². The highest BCUT2D eigenvalue weighted by atomic mass is 35.5. The van der Waals surface area contributed by atoms with Crippen LogP contribution in [0.3, 0.4) is 0 Å². The van der Waals surface area contributed by atoms with Gasteiger partial charge in [-0.25, -0.2) is 18.2 Å². The zero-order valence-corrected chi connectivity index (χ0v) is 20.8. The smallest absolute Gasteiger partial charge is 0.349 e. The number of aromatic nitrogens is 1. The van der Waals surface area contributed by atoms with Crippen LogP contribution >= 0.6 is 22.9 Å². The van der Waals surface area contributed by atoms with Crippen LogP contribution in [0.4, 0.5) is 0 Å². The van der Waals surface area contributed by atoms with Crippen molar-refractivity contribution in [3.63, 3.8) is 0 Å². The van der Waals surface area contributed by atoms with Gasteiger partial charge in [0.25, 0.3) is 0 Å². The molecule has 34 heavy (non-hydrogen) atoms. The zero-order chi connectivity index (χ0) is 24.7. The van der Waals surface area contributed by atoms with Crippen molar-refractivity contribution in [3.8, 4) is 17.2 Å². The number of carbonyl (C=O) groups excluding carboxylic acids is 1. The second-order valence-corrected chi connectivity index (χ2v) is 12.0. The lowest BCUT2D eigenvalue weighted by atomic mass is 10.2. The highest BCUT2D eigenvalue weighted by molar-refractivity contribution is 7.91. The highest BCUT2D eigenvalue weighted by Crippen LogP contribution is 2.34. The Balaban J connectivity index is 1.64. The Morgan fingerprint density at radius 3 is 2.56 bits per heavy atom. The standard InChI is InChI=1S/C21H16ClNO8S3/c1-3-33(25,26)13-5-7-17-15(11-13)23-20(30-17)12-4-6-16(14(22)10-12)31-34(27,28)18-8-9-32-19(18)21(24)29-2/h4-11H,3H2,1-2H3. The predicted octanol–water partition coefficient (Wildman–Crippen LogP) is 4.56. The summed E-state index contributed by atoms with van der Waals surface area (Å²) in [7, 11) is -6.63. The number of methoxy groups -OCH3 is 1. The molecule has 0 saturated heterocycles. The fraction of sp³-hybridized carbons (Fsp3) is 0.143. The number of ether oxygens (including phenoxy) is 1. The van der Waals surface area contributed by atoms with Crippen LogP contribution in [0.5, 0.6) is 5.75 Å². The second kappa shape index (κ2) is 9.02. The van der Waals surface area contributed by atoms with E-state index in [-0.39, 0.29) is 37.1 Å². The minimum atomic E-state index is -4.37. The lowest BCUT2D eigenvalue weighted by Crippen LogP contribution is -2.13. The number of oxazole rings is 1. The summed E-state index contributed by atoms with van der Waals surface area (Å²) < 4.78 is 65.1. The van der Waals surface area contributed by atoms with Gasteiger partial charge in [0.15, 0.2) is 21.2 Å². The van der Waals surface area contributed by atoms with Crippen LogP contribution in [0.1, 0.15) is 16.6 Å². The Hall–Kier alpha value is -2.93. The van der Waals surface area contributed by atoms with E-state index in [1.54, 1.807) is 6.92 Å². The number of hydrogen-bond acceptors (Lipinski definition) is 10. The summed E-state index contributed by atoms with van der Waals surface area (Å²) in [6, 6.07) is 9.82. The minimum absolute atomic E-state index is 0.0459. The molecule has 4 aromatic rings. The average Bonchev–Trinajstić information content (AvgIpc) is 3.47. The second-order valence-electron chi connectivity index (χ2n) is 6.84. The van der Waals surface area contributed by atoms with E-state index in [2.05, 4.69) is 9.72 Å². The normalized spacial score (nSPS) is 12.1. The van der Waals surface area contributed by atoms with E-state index < -0.39 is 25.9 Å². The molecule has 0 bridgehead atoms. The Bertz CT molecular complexity index is 1620. The average molecular weight is 542 g/mol. The molecule has 4 rings (SSSR count). The summed E-state index contributed by atoms with van der Waals surface area (Å²) in [5.74, 6) is -0.858. The van der Waals surface area contributed by atoms with Gasteiger partial charge in [-0.1, -0.05) is 18.5 Å². The molecule has 0 aliphatic heterocycles. The number of halogens is 1.